The zero-order valence-electron chi connectivity index (χ0n) is 18.5. The minimum absolute atomic E-state index is 0.0626. The Balaban J connectivity index is 1.62. The standard InChI is InChI=1S/C23H31N5O2/c1-16(11-12-18-9-7-6-8-10-18)25-20(29)13-14-27-17(2)26-21-19(22(27)30)15-24-28(21)23(3,4)5/h6-10,15-16H,11-14H2,1-5H3,(H,25,29). The van der Waals surface area contributed by atoms with Gasteiger partial charge in [0.25, 0.3) is 5.56 Å². The third kappa shape index (κ3) is 4.96. The molecule has 0 aliphatic carbocycles. The lowest BCUT2D eigenvalue weighted by Gasteiger charge is -2.20. The fourth-order valence-electron chi connectivity index (χ4n) is 3.52. The van der Waals surface area contributed by atoms with E-state index in [2.05, 4.69) is 27.5 Å². The van der Waals surface area contributed by atoms with Crippen molar-refractivity contribution in [3.8, 4) is 0 Å². The predicted molar refractivity (Wildman–Crippen MR) is 119 cm³/mol. The fraction of sp³-hybridized carbons (Fsp3) is 0.478. The Morgan fingerprint density at radius 2 is 1.90 bits per heavy atom. The Morgan fingerprint density at radius 1 is 1.20 bits per heavy atom. The smallest absolute Gasteiger partial charge is 0.264 e. The van der Waals surface area contributed by atoms with Gasteiger partial charge >= 0.3 is 0 Å². The molecule has 1 aromatic carbocycles. The molecule has 7 nitrogen and oxygen atoms in total. The minimum Gasteiger partial charge on any atom is -0.354 e. The highest BCUT2D eigenvalue weighted by Gasteiger charge is 2.21. The molecule has 1 N–H and O–H groups in total. The van der Waals surface area contributed by atoms with Crippen LogP contribution in [0.25, 0.3) is 11.0 Å². The van der Waals surface area contributed by atoms with Crippen LogP contribution in [0.15, 0.2) is 41.3 Å². The van der Waals surface area contributed by atoms with Crippen LogP contribution in [0.2, 0.25) is 0 Å². The normalized spacial score (nSPS) is 12.8. The van der Waals surface area contributed by atoms with Crippen molar-refractivity contribution in [2.24, 2.45) is 0 Å². The Kier molecular flexibility index (Phi) is 6.39. The summed E-state index contributed by atoms with van der Waals surface area (Å²) in [5.41, 5.74) is 1.42. The minimum atomic E-state index is -0.268. The van der Waals surface area contributed by atoms with E-state index >= 15 is 0 Å². The van der Waals surface area contributed by atoms with Crippen molar-refractivity contribution >= 4 is 16.9 Å². The van der Waals surface area contributed by atoms with Crippen LogP contribution < -0.4 is 10.9 Å². The number of hydrogen-bond acceptors (Lipinski definition) is 4. The van der Waals surface area contributed by atoms with Crippen LogP contribution in [-0.4, -0.2) is 31.3 Å². The summed E-state index contributed by atoms with van der Waals surface area (Å²) in [4.78, 5) is 29.9. The molecule has 0 aliphatic rings. The number of benzene rings is 1. The van der Waals surface area contributed by atoms with Crippen molar-refractivity contribution < 1.29 is 4.79 Å². The van der Waals surface area contributed by atoms with Crippen molar-refractivity contribution in [1.82, 2.24) is 24.6 Å². The van der Waals surface area contributed by atoms with Gasteiger partial charge in [-0.15, -0.1) is 0 Å². The number of rotatable bonds is 7. The number of carbonyl (C=O) groups excluding carboxylic acids is 1. The van der Waals surface area contributed by atoms with Gasteiger partial charge in [0.05, 0.1) is 11.7 Å². The highest BCUT2D eigenvalue weighted by molar-refractivity contribution is 5.76. The number of aryl methyl sites for hydroxylation is 2. The van der Waals surface area contributed by atoms with Crippen molar-refractivity contribution in [1.29, 1.82) is 0 Å². The number of nitrogens with zero attached hydrogens (tertiary/aromatic N) is 4. The van der Waals surface area contributed by atoms with Crippen LogP contribution >= 0.6 is 0 Å². The molecule has 2 heterocycles. The molecule has 0 saturated heterocycles. The SMILES string of the molecule is Cc1nc2c(cnn2C(C)(C)C)c(=O)n1CCC(=O)NC(C)CCc1ccccc1. The largest absolute Gasteiger partial charge is 0.354 e. The average Bonchev–Trinajstić information content (AvgIpc) is 3.11. The Hall–Kier alpha value is -2.96. The van der Waals surface area contributed by atoms with Gasteiger partial charge in [0.1, 0.15) is 11.2 Å². The molecule has 0 saturated carbocycles. The van der Waals surface area contributed by atoms with Gasteiger partial charge in [0, 0.05) is 19.0 Å². The molecule has 2 aromatic heterocycles. The number of carbonyl (C=O) groups is 1. The molecule has 160 valence electrons. The molecule has 1 amide bonds. The molecule has 3 rings (SSSR count). The van der Waals surface area contributed by atoms with Crippen LogP contribution in [0, 0.1) is 6.92 Å². The highest BCUT2D eigenvalue weighted by atomic mass is 16.2. The average molecular weight is 410 g/mol. The maximum absolute atomic E-state index is 12.9. The summed E-state index contributed by atoms with van der Waals surface area (Å²) in [6.07, 6.45) is 3.59. The Morgan fingerprint density at radius 3 is 2.57 bits per heavy atom. The summed E-state index contributed by atoms with van der Waals surface area (Å²) in [6.45, 7) is 10.2. The van der Waals surface area contributed by atoms with Gasteiger partial charge in [-0.05, 0) is 53.0 Å². The molecular weight excluding hydrogens is 378 g/mol. The maximum atomic E-state index is 12.9. The topological polar surface area (TPSA) is 81.8 Å². The lowest BCUT2D eigenvalue weighted by atomic mass is 10.1. The first-order chi connectivity index (χ1) is 14.2. The molecule has 30 heavy (non-hydrogen) atoms. The molecule has 1 unspecified atom stereocenters. The molecule has 3 aromatic rings. The van der Waals surface area contributed by atoms with E-state index in [0.29, 0.717) is 23.4 Å². The van der Waals surface area contributed by atoms with Gasteiger partial charge in [0.2, 0.25) is 5.91 Å². The number of aromatic nitrogens is 4. The lowest BCUT2D eigenvalue weighted by Crippen LogP contribution is -2.34. The van der Waals surface area contributed by atoms with E-state index in [4.69, 9.17) is 0 Å². The summed E-state index contributed by atoms with van der Waals surface area (Å²) in [5, 5.41) is 7.86. The van der Waals surface area contributed by atoms with Gasteiger partial charge in [-0.3, -0.25) is 14.2 Å². The van der Waals surface area contributed by atoms with Crippen LogP contribution in [-0.2, 0) is 23.3 Å². The second-order valence-electron chi connectivity index (χ2n) is 8.82. The fourth-order valence-corrected chi connectivity index (χ4v) is 3.52. The van der Waals surface area contributed by atoms with Gasteiger partial charge in [-0.2, -0.15) is 5.10 Å². The summed E-state index contributed by atoms with van der Waals surface area (Å²) in [6, 6.07) is 10.3. The van der Waals surface area contributed by atoms with Crippen LogP contribution in [0.3, 0.4) is 0 Å². The first-order valence-corrected chi connectivity index (χ1v) is 10.5. The molecular formula is C23H31N5O2. The Bertz CT molecular complexity index is 1080. The summed E-state index contributed by atoms with van der Waals surface area (Å²) < 4.78 is 3.33. The maximum Gasteiger partial charge on any atom is 0.264 e. The number of fused-ring (bicyclic) bond motifs is 1. The van der Waals surface area contributed by atoms with Crippen molar-refractivity contribution in [3.05, 3.63) is 58.3 Å². The monoisotopic (exact) mass is 409 g/mol. The van der Waals surface area contributed by atoms with E-state index in [0.717, 1.165) is 12.8 Å². The molecule has 0 aliphatic heterocycles. The predicted octanol–water partition coefficient (Wildman–Crippen LogP) is 3.18. The number of hydrogen-bond donors (Lipinski definition) is 1. The molecule has 7 heteroatoms. The molecule has 0 spiro atoms. The molecule has 0 fully saturated rings. The third-order valence-corrected chi connectivity index (χ3v) is 5.19. The molecule has 0 bridgehead atoms. The van der Waals surface area contributed by atoms with Gasteiger partial charge in [-0.25, -0.2) is 9.67 Å². The van der Waals surface area contributed by atoms with Crippen LogP contribution in [0.1, 0.15) is 51.9 Å². The van der Waals surface area contributed by atoms with E-state index in [1.165, 1.54) is 5.56 Å². The second-order valence-corrected chi connectivity index (χ2v) is 8.82. The number of amides is 1. The van der Waals surface area contributed by atoms with E-state index in [9.17, 15) is 9.59 Å². The summed E-state index contributed by atoms with van der Waals surface area (Å²) >= 11 is 0. The van der Waals surface area contributed by atoms with Crippen molar-refractivity contribution in [2.45, 2.75) is 72.0 Å². The van der Waals surface area contributed by atoms with Gasteiger partial charge in [0.15, 0.2) is 5.65 Å². The van der Waals surface area contributed by atoms with E-state index in [1.807, 2.05) is 45.9 Å². The van der Waals surface area contributed by atoms with Gasteiger partial charge < -0.3 is 5.32 Å². The summed E-state index contributed by atoms with van der Waals surface area (Å²) in [5.74, 6) is 0.524. The molecule has 1 atom stereocenters. The lowest BCUT2D eigenvalue weighted by molar-refractivity contribution is -0.121. The van der Waals surface area contributed by atoms with Crippen LogP contribution in [0.4, 0.5) is 0 Å². The van der Waals surface area contributed by atoms with Gasteiger partial charge in [-0.1, -0.05) is 30.3 Å². The third-order valence-electron chi connectivity index (χ3n) is 5.19. The van der Waals surface area contributed by atoms with E-state index < -0.39 is 0 Å². The first kappa shape index (κ1) is 21.7. The molecule has 0 radical (unpaired) electrons. The first-order valence-electron chi connectivity index (χ1n) is 10.5. The quantitative estimate of drug-likeness (QED) is 0.650. The Labute approximate surface area is 177 Å². The summed E-state index contributed by atoms with van der Waals surface area (Å²) in [7, 11) is 0. The van der Waals surface area contributed by atoms with E-state index in [1.54, 1.807) is 22.4 Å². The van der Waals surface area contributed by atoms with Crippen molar-refractivity contribution in [3.63, 3.8) is 0 Å². The van der Waals surface area contributed by atoms with Crippen molar-refractivity contribution in [2.75, 3.05) is 0 Å². The van der Waals surface area contributed by atoms with Crippen LogP contribution in [0.5, 0.6) is 0 Å². The van der Waals surface area contributed by atoms with E-state index in [-0.39, 0.29) is 29.5 Å². The zero-order chi connectivity index (χ0) is 21.9. The second kappa shape index (κ2) is 8.81. The zero-order valence-corrected chi connectivity index (χ0v) is 18.5. The number of nitrogens with one attached hydrogen (secondary N) is 1. The highest BCUT2D eigenvalue weighted by Crippen LogP contribution is 2.18.